The topological polar surface area (TPSA) is 86.7 Å². The fourth-order valence-electron chi connectivity index (χ4n) is 2.56. The first-order valence-electron chi connectivity index (χ1n) is 7.90. The van der Waals surface area contributed by atoms with Gasteiger partial charge in [-0.25, -0.2) is 0 Å². The van der Waals surface area contributed by atoms with Crippen molar-refractivity contribution in [1.29, 1.82) is 0 Å². The second kappa shape index (κ2) is 8.73. The lowest BCUT2D eigenvalue weighted by Gasteiger charge is -2.30. The van der Waals surface area contributed by atoms with E-state index in [9.17, 15) is 14.4 Å². The molecule has 130 valence electrons. The van der Waals surface area contributed by atoms with Gasteiger partial charge < -0.3 is 15.3 Å². The molecular weight excluding hydrogens is 328 g/mol. The van der Waals surface area contributed by atoms with Crippen LogP contribution in [0.1, 0.15) is 18.4 Å². The number of amides is 2. The molecule has 1 fully saturated rings. The molecule has 6 nitrogen and oxygen atoms in total. The van der Waals surface area contributed by atoms with Crippen molar-refractivity contribution in [3.05, 3.63) is 29.8 Å². The van der Waals surface area contributed by atoms with Gasteiger partial charge in [0, 0.05) is 18.8 Å². The van der Waals surface area contributed by atoms with E-state index in [0.29, 0.717) is 19.4 Å². The molecule has 0 unspecified atom stereocenters. The molecule has 0 spiro atoms. The number of hydrogen-bond donors (Lipinski definition) is 2. The molecule has 0 aliphatic carbocycles. The van der Waals surface area contributed by atoms with Gasteiger partial charge in [-0.15, -0.1) is 11.8 Å². The molecule has 1 aliphatic rings. The van der Waals surface area contributed by atoms with E-state index in [1.807, 2.05) is 31.2 Å². The van der Waals surface area contributed by atoms with Gasteiger partial charge in [-0.05, 0) is 31.9 Å². The Hall–Kier alpha value is -2.02. The minimum absolute atomic E-state index is 0.103. The van der Waals surface area contributed by atoms with E-state index in [-0.39, 0.29) is 29.9 Å². The molecule has 2 amide bonds. The standard InChI is InChI=1S/C17H22N2O4S/c1-12-4-6-14(7-5-12)18-15(20)10-24-11-16(21)19-8-2-3-13(9-19)17(22)23/h4-7,13H,2-3,8-11H2,1H3,(H,18,20)(H,22,23)/t13-/m0/s1. The van der Waals surface area contributed by atoms with Gasteiger partial charge in [0.1, 0.15) is 0 Å². The third kappa shape index (κ3) is 5.56. The predicted molar refractivity (Wildman–Crippen MR) is 94.1 cm³/mol. The Morgan fingerprint density at radius 1 is 1.25 bits per heavy atom. The van der Waals surface area contributed by atoms with Crippen LogP contribution in [0.5, 0.6) is 0 Å². The highest BCUT2D eigenvalue weighted by Crippen LogP contribution is 2.18. The van der Waals surface area contributed by atoms with Crippen LogP contribution in [0.2, 0.25) is 0 Å². The number of piperidine rings is 1. The van der Waals surface area contributed by atoms with Gasteiger partial charge >= 0.3 is 5.97 Å². The fourth-order valence-corrected chi connectivity index (χ4v) is 3.28. The highest BCUT2D eigenvalue weighted by Gasteiger charge is 2.27. The summed E-state index contributed by atoms with van der Waals surface area (Å²) in [5.74, 6) is -1.20. The van der Waals surface area contributed by atoms with Crippen LogP contribution in [0.25, 0.3) is 0 Å². The predicted octanol–water partition coefficient (Wildman–Crippen LogP) is 1.99. The molecule has 0 bridgehead atoms. The Morgan fingerprint density at radius 3 is 2.62 bits per heavy atom. The van der Waals surface area contributed by atoms with Gasteiger partial charge in [-0.3, -0.25) is 14.4 Å². The van der Waals surface area contributed by atoms with Crippen LogP contribution in [-0.2, 0) is 14.4 Å². The van der Waals surface area contributed by atoms with Crippen LogP contribution in [0.4, 0.5) is 5.69 Å². The largest absolute Gasteiger partial charge is 0.481 e. The van der Waals surface area contributed by atoms with Crippen molar-refractivity contribution in [3.63, 3.8) is 0 Å². The molecule has 7 heteroatoms. The number of aliphatic carboxylic acids is 1. The number of likely N-dealkylation sites (tertiary alicyclic amines) is 1. The number of carboxylic acid groups (broad SMARTS) is 1. The molecule has 1 atom stereocenters. The van der Waals surface area contributed by atoms with Crippen molar-refractivity contribution < 1.29 is 19.5 Å². The molecule has 1 saturated heterocycles. The average molecular weight is 350 g/mol. The molecule has 0 aromatic heterocycles. The number of aryl methyl sites for hydroxylation is 1. The Bertz CT molecular complexity index is 603. The van der Waals surface area contributed by atoms with Crippen molar-refractivity contribution in [2.24, 2.45) is 5.92 Å². The van der Waals surface area contributed by atoms with Gasteiger partial charge in [-0.1, -0.05) is 17.7 Å². The number of carboxylic acids is 1. The second-order valence-corrected chi connectivity index (χ2v) is 6.91. The molecule has 24 heavy (non-hydrogen) atoms. The number of nitrogens with one attached hydrogen (secondary N) is 1. The second-order valence-electron chi connectivity index (χ2n) is 5.92. The summed E-state index contributed by atoms with van der Waals surface area (Å²) < 4.78 is 0. The third-order valence-electron chi connectivity index (χ3n) is 3.92. The number of rotatable bonds is 6. The van der Waals surface area contributed by atoms with E-state index in [1.54, 1.807) is 4.90 Å². The smallest absolute Gasteiger partial charge is 0.308 e. The van der Waals surface area contributed by atoms with Crippen LogP contribution >= 0.6 is 11.8 Å². The normalized spacial score (nSPS) is 17.4. The molecule has 0 radical (unpaired) electrons. The molecule has 1 aromatic carbocycles. The first-order valence-corrected chi connectivity index (χ1v) is 9.06. The Labute approximate surface area is 145 Å². The monoisotopic (exact) mass is 350 g/mol. The zero-order valence-electron chi connectivity index (χ0n) is 13.7. The van der Waals surface area contributed by atoms with E-state index in [4.69, 9.17) is 5.11 Å². The lowest BCUT2D eigenvalue weighted by atomic mass is 9.98. The van der Waals surface area contributed by atoms with Gasteiger partial charge in [0.25, 0.3) is 0 Å². The minimum Gasteiger partial charge on any atom is -0.481 e. The number of anilines is 1. The Kier molecular flexibility index (Phi) is 6.66. The van der Waals surface area contributed by atoms with Gasteiger partial charge in [0.05, 0.1) is 17.4 Å². The van der Waals surface area contributed by atoms with Crippen LogP contribution in [0.3, 0.4) is 0 Å². The highest BCUT2D eigenvalue weighted by atomic mass is 32.2. The van der Waals surface area contributed by atoms with Crippen molar-refractivity contribution in [2.45, 2.75) is 19.8 Å². The summed E-state index contributed by atoms with van der Waals surface area (Å²) in [5.41, 5.74) is 1.85. The molecule has 0 saturated carbocycles. The summed E-state index contributed by atoms with van der Waals surface area (Å²) in [5, 5.41) is 11.8. The van der Waals surface area contributed by atoms with Crippen molar-refractivity contribution in [1.82, 2.24) is 4.90 Å². The van der Waals surface area contributed by atoms with Crippen molar-refractivity contribution in [3.8, 4) is 0 Å². The summed E-state index contributed by atoms with van der Waals surface area (Å²) in [6, 6.07) is 7.51. The first kappa shape index (κ1) is 18.3. The van der Waals surface area contributed by atoms with E-state index in [1.165, 1.54) is 11.8 Å². The summed E-state index contributed by atoms with van der Waals surface area (Å²) in [4.78, 5) is 36.6. The lowest BCUT2D eigenvalue weighted by Crippen LogP contribution is -2.43. The maximum Gasteiger partial charge on any atom is 0.308 e. The Balaban J connectivity index is 1.71. The first-order chi connectivity index (χ1) is 11.5. The van der Waals surface area contributed by atoms with Gasteiger partial charge in [-0.2, -0.15) is 0 Å². The maximum absolute atomic E-state index is 12.1. The zero-order chi connectivity index (χ0) is 17.5. The number of nitrogens with zero attached hydrogens (tertiary/aromatic N) is 1. The van der Waals surface area contributed by atoms with Gasteiger partial charge in [0.2, 0.25) is 11.8 Å². The van der Waals surface area contributed by atoms with Crippen LogP contribution in [0.15, 0.2) is 24.3 Å². The molecule has 1 aromatic rings. The molecule has 2 N–H and O–H groups in total. The number of carbonyl (C=O) groups is 3. The number of carbonyl (C=O) groups excluding carboxylic acids is 2. The number of benzene rings is 1. The maximum atomic E-state index is 12.1. The minimum atomic E-state index is -0.849. The van der Waals surface area contributed by atoms with E-state index < -0.39 is 11.9 Å². The summed E-state index contributed by atoms with van der Waals surface area (Å²) in [6.45, 7) is 2.84. The lowest BCUT2D eigenvalue weighted by molar-refractivity contribution is -0.145. The highest BCUT2D eigenvalue weighted by molar-refractivity contribution is 8.00. The van der Waals surface area contributed by atoms with Crippen molar-refractivity contribution in [2.75, 3.05) is 29.9 Å². The summed E-state index contributed by atoms with van der Waals surface area (Å²) in [6.07, 6.45) is 1.33. The quantitative estimate of drug-likeness (QED) is 0.819. The third-order valence-corrected chi connectivity index (χ3v) is 4.83. The number of hydrogen-bond acceptors (Lipinski definition) is 4. The number of thioether (sulfide) groups is 1. The summed E-state index contributed by atoms with van der Waals surface area (Å²) >= 11 is 1.24. The zero-order valence-corrected chi connectivity index (χ0v) is 14.5. The van der Waals surface area contributed by atoms with Crippen LogP contribution in [0, 0.1) is 12.8 Å². The molecule has 1 heterocycles. The summed E-state index contributed by atoms with van der Waals surface area (Å²) in [7, 11) is 0. The van der Waals surface area contributed by atoms with Crippen molar-refractivity contribution >= 4 is 35.2 Å². The van der Waals surface area contributed by atoms with E-state index in [0.717, 1.165) is 11.3 Å². The Morgan fingerprint density at radius 2 is 1.96 bits per heavy atom. The molecule has 2 rings (SSSR count). The fraction of sp³-hybridized carbons (Fsp3) is 0.471. The average Bonchev–Trinajstić information content (AvgIpc) is 2.57. The van der Waals surface area contributed by atoms with Crippen LogP contribution < -0.4 is 5.32 Å². The van der Waals surface area contributed by atoms with E-state index >= 15 is 0 Å². The van der Waals surface area contributed by atoms with Gasteiger partial charge in [0.15, 0.2) is 0 Å². The van der Waals surface area contributed by atoms with E-state index in [2.05, 4.69) is 5.32 Å². The van der Waals surface area contributed by atoms with Crippen LogP contribution in [-0.4, -0.2) is 52.4 Å². The molecule has 1 aliphatic heterocycles. The SMILES string of the molecule is Cc1ccc(NC(=O)CSCC(=O)N2CCC[C@H](C(=O)O)C2)cc1. The molecular formula is C17H22N2O4S.